The molecule has 3 N–H and O–H groups in total. The molecule has 0 spiro atoms. The summed E-state index contributed by atoms with van der Waals surface area (Å²) in [7, 11) is 0. The molecule has 4 nitrogen and oxygen atoms in total. The maximum absolute atomic E-state index is 11.5. The van der Waals surface area contributed by atoms with Gasteiger partial charge in [0.2, 0.25) is 5.91 Å². The van der Waals surface area contributed by atoms with E-state index in [0.29, 0.717) is 0 Å². The van der Waals surface area contributed by atoms with Gasteiger partial charge < -0.3 is 4.74 Å². The Labute approximate surface area is 110 Å². The van der Waals surface area contributed by atoms with Crippen LogP contribution in [0.4, 0.5) is 0 Å². The first-order valence-electron chi connectivity index (χ1n) is 5.27. The number of hydrazine groups is 1. The molecule has 0 aliphatic rings. The van der Waals surface area contributed by atoms with Crippen molar-refractivity contribution >= 4 is 21.8 Å². The van der Waals surface area contributed by atoms with Gasteiger partial charge in [0, 0.05) is 4.47 Å². The molecular formula is C12H17BrN2O2. The van der Waals surface area contributed by atoms with E-state index < -0.39 is 5.41 Å². The van der Waals surface area contributed by atoms with Gasteiger partial charge >= 0.3 is 0 Å². The average Bonchev–Trinajstić information content (AvgIpc) is 2.29. The molecule has 0 unspecified atom stereocenters. The summed E-state index contributed by atoms with van der Waals surface area (Å²) in [6.07, 6.45) is 0. The summed E-state index contributed by atoms with van der Waals surface area (Å²) in [5.41, 5.74) is 2.57. The van der Waals surface area contributed by atoms with Gasteiger partial charge in [-0.1, -0.05) is 15.9 Å². The van der Waals surface area contributed by atoms with Gasteiger partial charge in [0.25, 0.3) is 0 Å². The Morgan fingerprint density at radius 3 is 2.71 bits per heavy atom. The SMILES string of the molecule is Cc1cc(OCC(C)(C)C(=O)NN)ccc1Br. The molecule has 94 valence electrons. The molecule has 0 fully saturated rings. The number of halogens is 1. The fourth-order valence-electron chi connectivity index (χ4n) is 1.23. The molecule has 0 heterocycles. The van der Waals surface area contributed by atoms with E-state index in [-0.39, 0.29) is 12.5 Å². The molecule has 0 radical (unpaired) electrons. The Hall–Kier alpha value is -1.07. The van der Waals surface area contributed by atoms with Gasteiger partial charge in [-0.05, 0) is 44.5 Å². The number of carbonyl (C=O) groups excluding carboxylic acids is 1. The number of nitrogens with one attached hydrogen (secondary N) is 1. The molecule has 0 bridgehead atoms. The molecule has 0 atom stereocenters. The molecule has 1 rings (SSSR count). The zero-order valence-corrected chi connectivity index (χ0v) is 11.8. The molecule has 1 amide bonds. The highest BCUT2D eigenvalue weighted by Gasteiger charge is 2.27. The second-order valence-corrected chi connectivity index (χ2v) is 5.41. The Bertz CT molecular complexity index is 419. The first-order valence-corrected chi connectivity index (χ1v) is 6.06. The average molecular weight is 301 g/mol. The van der Waals surface area contributed by atoms with E-state index in [1.165, 1.54) is 0 Å². The summed E-state index contributed by atoms with van der Waals surface area (Å²) in [4.78, 5) is 11.5. The first-order chi connectivity index (χ1) is 7.86. The fourth-order valence-corrected chi connectivity index (χ4v) is 1.48. The van der Waals surface area contributed by atoms with Crippen LogP contribution >= 0.6 is 15.9 Å². The number of aryl methyl sites for hydroxylation is 1. The van der Waals surface area contributed by atoms with Crippen molar-refractivity contribution in [1.82, 2.24) is 5.43 Å². The molecule has 0 aliphatic heterocycles. The maximum atomic E-state index is 11.5. The molecule has 1 aromatic rings. The van der Waals surface area contributed by atoms with Crippen molar-refractivity contribution in [1.29, 1.82) is 0 Å². The van der Waals surface area contributed by atoms with Crippen LogP contribution in [0.1, 0.15) is 19.4 Å². The van der Waals surface area contributed by atoms with Crippen LogP contribution in [0.5, 0.6) is 5.75 Å². The van der Waals surface area contributed by atoms with Crippen LogP contribution in [0.25, 0.3) is 0 Å². The molecule has 17 heavy (non-hydrogen) atoms. The van der Waals surface area contributed by atoms with Crippen LogP contribution in [0.2, 0.25) is 0 Å². The van der Waals surface area contributed by atoms with Crippen molar-refractivity contribution in [3.05, 3.63) is 28.2 Å². The largest absolute Gasteiger partial charge is 0.492 e. The van der Waals surface area contributed by atoms with Crippen LogP contribution in [0.15, 0.2) is 22.7 Å². The van der Waals surface area contributed by atoms with E-state index in [2.05, 4.69) is 21.4 Å². The standard InChI is InChI=1S/C12H17BrN2O2/c1-8-6-9(4-5-10(8)13)17-7-12(2,3)11(16)15-14/h4-6H,7,14H2,1-3H3,(H,15,16). The zero-order valence-electron chi connectivity index (χ0n) is 10.2. The monoisotopic (exact) mass is 300 g/mol. The second kappa shape index (κ2) is 5.51. The lowest BCUT2D eigenvalue weighted by Crippen LogP contribution is -2.44. The number of benzene rings is 1. The number of carbonyl (C=O) groups is 1. The number of hydrogen-bond donors (Lipinski definition) is 2. The number of rotatable bonds is 4. The third kappa shape index (κ3) is 3.71. The van der Waals surface area contributed by atoms with E-state index in [1.807, 2.05) is 25.1 Å². The van der Waals surface area contributed by atoms with Gasteiger partial charge in [0.15, 0.2) is 0 Å². The van der Waals surface area contributed by atoms with Gasteiger partial charge in [-0.25, -0.2) is 5.84 Å². The summed E-state index contributed by atoms with van der Waals surface area (Å²) in [6.45, 7) is 5.81. The lowest BCUT2D eigenvalue weighted by atomic mass is 9.94. The molecule has 1 aromatic carbocycles. The van der Waals surface area contributed by atoms with E-state index in [0.717, 1.165) is 15.8 Å². The Morgan fingerprint density at radius 1 is 1.53 bits per heavy atom. The van der Waals surface area contributed by atoms with E-state index >= 15 is 0 Å². The van der Waals surface area contributed by atoms with Crippen molar-refractivity contribution in [3.63, 3.8) is 0 Å². The summed E-state index contributed by atoms with van der Waals surface area (Å²) in [5.74, 6) is 5.61. The number of nitrogens with two attached hydrogens (primary N) is 1. The maximum Gasteiger partial charge on any atom is 0.242 e. The number of hydrogen-bond acceptors (Lipinski definition) is 3. The summed E-state index contributed by atoms with van der Waals surface area (Å²) >= 11 is 3.42. The van der Waals surface area contributed by atoms with Crippen molar-refractivity contribution in [2.24, 2.45) is 11.3 Å². The van der Waals surface area contributed by atoms with Crippen molar-refractivity contribution < 1.29 is 9.53 Å². The normalized spacial score (nSPS) is 11.1. The minimum absolute atomic E-state index is 0.244. The highest BCUT2D eigenvalue weighted by molar-refractivity contribution is 9.10. The summed E-state index contributed by atoms with van der Waals surface area (Å²) < 4.78 is 6.62. The van der Waals surface area contributed by atoms with Crippen LogP contribution in [0.3, 0.4) is 0 Å². The third-order valence-corrected chi connectivity index (χ3v) is 3.36. The van der Waals surface area contributed by atoms with Gasteiger partial charge in [0.1, 0.15) is 12.4 Å². The van der Waals surface area contributed by atoms with Gasteiger partial charge in [0.05, 0.1) is 5.41 Å². The molecule has 0 saturated heterocycles. The van der Waals surface area contributed by atoms with Crippen LogP contribution in [-0.2, 0) is 4.79 Å². The Kier molecular flexibility index (Phi) is 4.54. The van der Waals surface area contributed by atoms with Gasteiger partial charge in [-0.2, -0.15) is 0 Å². The second-order valence-electron chi connectivity index (χ2n) is 4.56. The van der Waals surface area contributed by atoms with Crippen molar-refractivity contribution in [2.45, 2.75) is 20.8 Å². The Balaban J connectivity index is 2.67. The summed E-state index contributed by atoms with van der Waals surface area (Å²) in [5, 5.41) is 0. The smallest absolute Gasteiger partial charge is 0.242 e. The Morgan fingerprint density at radius 2 is 2.18 bits per heavy atom. The molecule has 0 aromatic heterocycles. The van der Waals surface area contributed by atoms with E-state index in [1.54, 1.807) is 13.8 Å². The van der Waals surface area contributed by atoms with Gasteiger partial charge in [-0.3, -0.25) is 10.2 Å². The molecular weight excluding hydrogens is 284 g/mol. The lowest BCUT2D eigenvalue weighted by molar-refractivity contribution is -0.130. The van der Waals surface area contributed by atoms with Crippen LogP contribution in [0, 0.1) is 12.3 Å². The lowest BCUT2D eigenvalue weighted by Gasteiger charge is -2.22. The van der Waals surface area contributed by atoms with Crippen molar-refractivity contribution in [2.75, 3.05) is 6.61 Å². The summed E-state index contributed by atoms with van der Waals surface area (Å²) in [6, 6.07) is 5.69. The zero-order chi connectivity index (χ0) is 13.1. The third-order valence-electron chi connectivity index (χ3n) is 2.47. The molecule has 5 heteroatoms. The topological polar surface area (TPSA) is 64.3 Å². The highest BCUT2D eigenvalue weighted by atomic mass is 79.9. The van der Waals surface area contributed by atoms with Crippen LogP contribution in [-0.4, -0.2) is 12.5 Å². The van der Waals surface area contributed by atoms with Gasteiger partial charge in [-0.15, -0.1) is 0 Å². The predicted octanol–water partition coefficient (Wildman–Crippen LogP) is 2.15. The first kappa shape index (κ1) is 14.0. The molecule has 0 saturated carbocycles. The van der Waals surface area contributed by atoms with Crippen LogP contribution < -0.4 is 16.0 Å². The minimum Gasteiger partial charge on any atom is -0.492 e. The number of amides is 1. The number of ether oxygens (including phenoxy) is 1. The highest BCUT2D eigenvalue weighted by Crippen LogP contribution is 2.23. The minimum atomic E-state index is -0.657. The van der Waals surface area contributed by atoms with Crippen molar-refractivity contribution in [3.8, 4) is 5.75 Å². The predicted molar refractivity (Wildman–Crippen MR) is 70.5 cm³/mol. The van der Waals surface area contributed by atoms with E-state index in [9.17, 15) is 4.79 Å². The quantitative estimate of drug-likeness (QED) is 0.509. The molecule has 0 aliphatic carbocycles. The fraction of sp³-hybridized carbons (Fsp3) is 0.417. The van der Waals surface area contributed by atoms with E-state index in [4.69, 9.17) is 10.6 Å².